The summed E-state index contributed by atoms with van der Waals surface area (Å²) in [4.78, 5) is 13.9. The smallest absolute Gasteiger partial charge is 0.323 e. The van der Waals surface area contributed by atoms with Crippen LogP contribution in [-0.2, 0) is 9.53 Å². The lowest BCUT2D eigenvalue weighted by molar-refractivity contribution is -0.147. The highest BCUT2D eigenvalue weighted by Gasteiger charge is 2.29. The van der Waals surface area contributed by atoms with E-state index in [2.05, 4.69) is 31.4 Å². The van der Waals surface area contributed by atoms with Gasteiger partial charge in [-0.05, 0) is 17.9 Å². The molecule has 1 rings (SSSR count). The van der Waals surface area contributed by atoms with E-state index in [1.807, 2.05) is 6.08 Å². The van der Waals surface area contributed by atoms with Crippen molar-refractivity contribution in [2.75, 3.05) is 20.2 Å². The third-order valence-corrected chi connectivity index (χ3v) is 2.84. The SMILES string of the molecule is C=CC1=CCN([C@@H](CC(C)C)C(=O)OC)C1. The Bertz CT molecular complexity index is 294. The van der Waals surface area contributed by atoms with Gasteiger partial charge in [0.25, 0.3) is 0 Å². The van der Waals surface area contributed by atoms with Crippen LogP contribution in [0.3, 0.4) is 0 Å². The summed E-state index contributed by atoms with van der Waals surface area (Å²) in [6.07, 6.45) is 4.80. The standard InChI is InChI=1S/C13H21NO2/c1-5-11-6-7-14(9-11)12(8-10(2)3)13(15)16-4/h5-6,10,12H,1,7-9H2,2-4H3/t12-/m0/s1. The van der Waals surface area contributed by atoms with Crippen LogP contribution in [0.2, 0.25) is 0 Å². The third-order valence-electron chi connectivity index (χ3n) is 2.84. The summed E-state index contributed by atoms with van der Waals surface area (Å²) >= 11 is 0. The number of nitrogens with zero attached hydrogens (tertiary/aromatic N) is 1. The Morgan fingerprint density at radius 2 is 2.38 bits per heavy atom. The number of hydrogen-bond acceptors (Lipinski definition) is 3. The van der Waals surface area contributed by atoms with Crippen LogP contribution < -0.4 is 0 Å². The lowest BCUT2D eigenvalue weighted by Gasteiger charge is -2.26. The third kappa shape index (κ3) is 3.20. The summed E-state index contributed by atoms with van der Waals surface area (Å²) in [5, 5.41) is 0. The van der Waals surface area contributed by atoms with E-state index < -0.39 is 0 Å². The Hall–Kier alpha value is -1.09. The number of rotatable bonds is 5. The van der Waals surface area contributed by atoms with Crippen LogP contribution in [0.15, 0.2) is 24.3 Å². The van der Waals surface area contributed by atoms with Gasteiger partial charge in [0.05, 0.1) is 7.11 Å². The zero-order valence-electron chi connectivity index (χ0n) is 10.4. The molecule has 0 aromatic rings. The molecule has 0 fully saturated rings. The maximum absolute atomic E-state index is 11.7. The molecule has 0 aromatic carbocycles. The minimum absolute atomic E-state index is 0.126. The van der Waals surface area contributed by atoms with Crippen molar-refractivity contribution in [3.63, 3.8) is 0 Å². The second kappa shape index (κ2) is 5.85. The molecule has 0 amide bonds. The van der Waals surface area contributed by atoms with Gasteiger partial charge in [0.15, 0.2) is 0 Å². The van der Waals surface area contributed by atoms with Crippen molar-refractivity contribution >= 4 is 5.97 Å². The molecule has 1 heterocycles. The largest absolute Gasteiger partial charge is 0.468 e. The fourth-order valence-corrected chi connectivity index (χ4v) is 1.96. The number of carbonyl (C=O) groups is 1. The molecule has 3 heteroatoms. The van der Waals surface area contributed by atoms with Gasteiger partial charge in [0.2, 0.25) is 0 Å². The van der Waals surface area contributed by atoms with Crippen LogP contribution in [-0.4, -0.2) is 37.1 Å². The predicted molar refractivity (Wildman–Crippen MR) is 65.1 cm³/mol. The van der Waals surface area contributed by atoms with E-state index in [1.165, 1.54) is 12.7 Å². The van der Waals surface area contributed by atoms with Crippen molar-refractivity contribution < 1.29 is 9.53 Å². The molecule has 0 aliphatic carbocycles. The van der Waals surface area contributed by atoms with Gasteiger partial charge in [-0.15, -0.1) is 0 Å². The van der Waals surface area contributed by atoms with Crippen molar-refractivity contribution in [2.24, 2.45) is 5.92 Å². The van der Waals surface area contributed by atoms with E-state index in [-0.39, 0.29) is 12.0 Å². The lowest BCUT2D eigenvalue weighted by Crippen LogP contribution is -2.41. The average molecular weight is 223 g/mol. The molecule has 1 aliphatic heterocycles. The van der Waals surface area contributed by atoms with E-state index in [1.54, 1.807) is 0 Å². The van der Waals surface area contributed by atoms with E-state index in [0.29, 0.717) is 5.92 Å². The van der Waals surface area contributed by atoms with E-state index >= 15 is 0 Å². The van der Waals surface area contributed by atoms with Gasteiger partial charge in [-0.25, -0.2) is 0 Å². The molecule has 1 atom stereocenters. The molecule has 0 N–H and O–H groups in total. The molecule has 90 valence electrons. The first-order valence-corrected chi connectivity index (χ1v) is 5.71. The van der Waals surface area contributed by atoms with Gasteiger partial charge in [-0.1, -0.05) is 32.6 Å². The van der Waals surface area contributed by atoms with Crippen LogP contribution >= 0.6 is 0 Å². The minimum atomic E-state index is -0.132. The van der Waals surface area contributed by atoms with Crippen molar-refractivity contribution in [1.29, 1.82) is 0 Å². The van der Waals surface area contributed by atoms with Gasteiger partial charge in [0.1, 0.15) is 6.04 Å². The number of esters is 1. The minimum Gasteiger partial charge on any atom is -0.468 e. The first kappa shape index (κ1) is 13.0. The Labute approximate surface area is 97.8 Å². The fourth-order valence-electron chi connectivity index (χ4n) is 1.96. The molecule has 16 heavy (non-hydrogen) atoms. The summed E-state index contributed by atoms with van der Waals surface area (Å²) < 4.78 is 4.86. The molecule has 0 spiro atoms. The second-order valence-corrected chi connectivity index (χ2v) is 4.58. The summed E-state index contributed by atoms with van der Waals surface area (Å²) in [5.41, 5.74) is 1.19. The molecule has 1 aliphatic rings. The van der Waals surface area contributed by atoms with Gasteiger partial charge >= 0.3 is 5.97 Å². The highest BCUT2D eigenvalue weighted by atomic mass is 16.5. The monoisotopic (exact) mass is 223 g/mol. The average Bonchev–Trinajstić information content (AvgIpc) is 2.72. The fraction of sp³-hybridized carbons (Fsp3) is 0.615. The molecular formula is C13H21NO2. The van der Waals surface area contributed by atoms with E-state index in [9.17, 15) is 4.79 Å². The lowest BCUT2D eigenvalue weighted by atomic mass is 10.0. The molecule has 0 aromatic heterocycles. The first-order valence-electron chi connectivity index (χ1n) is 5.71. The number of ether oxygens (including phenoxy) is 1. The van der Waals surface area contributed by atoms with Crippen molar-refractivity contribution in [2.45, 2.75) is 26.3 Å². The Kier molecular flexibility index (Phi) is 4.74. The normalized spacial score (nSPS) is 18.4. The first-order chi connectivity index (χ1) is 7.58. The van der Waals surface area contributed by atoms with E-state index in [4.69, 9.17) is 4.74 Å². The van der Waals surface area contributed by atoms with Crippen LogP contribution in [0.4, 0.5) is 0 Å². The molecule has 0 bridgehead atoms. The van der Waals surface area contributed by atoms with Gasteiger partial charge < -0.3 is 4.74 Å². The summed E-state index contributed by atoms with van der Waals surface area (Å²) in [6.45, 7) is 9.60. The van der Waals surface area contributed by atoms with Gasteiger partial charge in [-0.3, -0.25) is 9.69 Å². The number of carbonyl (C=O) groups excluding carboxylic acids is 1. The summed E-state index contributed by atoms with van der Waals surface area (Å²) in [5.74, 6) is 0.351. The second-order valence-electron chi connectivity index (χ2n) is 4.58. The van der Waals surface area contributed by atoms with Crippen molar-refractivity contribution in [3.05, 3.63) is 24.3 Å². The topological polar surface area (TPSA) is 29.5 Å². The molecule has 0 saturated carbocycles. The Morgan fingerprint density at radius 3 is 2.81 bits per heavy atom. The summed E-state index contributed by atoms with van der Waals surface area (Å²) in [7, 11) is 1.45. The molecular weight excluding hydrogens is 202 g/mol. The molecule has 3 nitrogen and oxygen atoms in total. The summed E-state index contributed by atoms with van der Waals surface area (Å²) in [6, 6.07) is -0.126. The van der Waals surface area contributed by atoms with Gasteiger partial charge in [0, 0.05) is 13.1 Å². The highest BCUT2D eigenvalue weighted by Crippen LogP contribution is 2.19. The van der Waals surface area contributed by atoms with Crippen molar-refractivity contribution in [1.82, 2.24) is 4.90 Å². The zero-order chi connectivity index (χ0) is 12.1. The maximum Gasteiger partial charge on any atom is 0.323 e. The maximum atomic E-state index is 11.7. The quantitative estimate of drug-likeness (QED) is 0.668. The molecule has 0 unspecified atom stereocenters. The Balaban J connectivity index is 2.64. The van der Waals surface area contributed by atoms with Crippen LogP contribution in [0.1, 0.15) is 20.3 Å². The van der Waals surface area contributed by atoms with Crippen LogP contribution in [0.5, 0.6) is 0 Å². The van der Waals surface area contributed by atoms with Crippen molar-refractivity contribution in [3.8, 4) is 0 Å². The number of hydrogen-bond donors (Lipinski definition) is 0. The number of methoxy groups -OCH3 is 1. The zero-order valence-corrected chi connectivity index (χ0v) is 10.4. The van der Waals surface area contributed by atoms with Gasteiger partial charge in [-0.2, -0.15) is 0 Å². The molecule has 0 saturated heterocycles. The van der Waals surface area contributed by atoms with Crippen LogP contribution in [0.25, 0.3) is 0 Å². The van der Waals surface area contributed by atoms with Crippen LogP contribution in [0, 0.1) is 5.92 Å². The predicted octanol–water partition coefficient (Wildman–Crippen LogP) is 2.00. The Morgan fingerprint density at radius 1 is 1.69 bits per heavy atom. The molecule has 0 radical (unpaired) electrons. The van der Waals surface area contributed by atoms with E-state index in [0.717, 1.165) is 19.5 Å². The highest BCUT2D eigenvalue weighted by molar-refractivity contribution is 5.75.